The highest BCUT2D eigenvalue weighted by Crippen LogP contribution is 2.32. The molecule has 2 aliphatic rings. The lowest BCUT2D eigenvalue weighted by molar-refractivity contribution is 0.0243. The third-order valence-corrected chi connectivity index (χ3v) is 4.34. The third-order valence-electron chi connectivity index (χ3n) is 4.05. The third kappa shape index (κ3) is 6.56. The number of hydrazone groups is 1. The van der Waals surface area contributed by atoms with Crippen LogP contribution in [0.4, 0.5) is 4.79 Å². The van der Waals surface area contributed by atoms with E-state index in [4.69, 9.17) is 9.47 Å². The Morgan fingerprint density at radius 1 is 1.45 bits per heavy atom. The molecular formula is C20H26BrN5O3. The van der Waals surface area contributed by atoms with E-state index in [0.717, 1.165) is 12.8 Å². The minimum absolute atomic E-state index is 0.231. The average Bonchev–Trinajstić information content (AvgIpc) is 3.49. The number of amides is 1. The van der Waals surface area contributed by atoms with Crippen molar-refractivity contribution in [2.24, 2.45) is 16.0 Å². The lowest BCUT2D eigenvalue weighted by atomic mass is 10.2. The van der Waals surface area contributed by atoms with Crippen LogP contribution in [0.2, 0.25) is 0 Å². The van der Waals surface area contributed by atoms with Crippen molar-refractivity contribution >= 4 is 34.1 Å². The van der Waals surface area contributed by atoms with Crippen LogP contribution >= 0.6 is 15.9 Å². The second kappa shape index (κ2) is 9.39. The van der Waals surface area contributed by atoms with Crippen LogP contribution in [0.1, 0.15) is 33.6 Å². The summed E-state index contributed by atoms with van der Waals surface area (Å²) >= 11 is 3.34. The first-order valence-electron chi connectivity index (χ1n) is 9.56. The Labute approximate surface area is 179 Å². The van der Waals surface area contributed by atoms with Crippen molar-refractivity contribution in [1.82, 2.24) is 14.9 Å². The topological polar surface area (TPSA) is 79.6 Å². The minimum atomic E-state index is -0.596. The summed E-state index contributed by atoms with van der Waals surface area (Å²) in [7, 11) is 0. The zero-order valence-electron chi connectivity index (χ0n) is 16.9. The molecule has 1 aliphatic carbocycles. The van der Waals surface area contributed by atoms with Crippen molar-refractivity contribution in [1.29, 1.82) is 0 Å². The van der Waals surface area contributed by atoms with Crippen LogP contribution < -0.4 is 4.74 Å². The van der Waals surface area contributed by atoms with E-state index in [1.165, 1.54) is 0 Å². The van der Waals surface area contributed by atoms with Gasteiger partial charge in [0.15, 0.2) is 0 Å². The van der Waals surface area contributed by atoms with Gasteiger partial charge in [-0.15, -0.1) is 0 Å². The highest BCUT2D eigenvalue weighted by atomic mass is 79.9. The fourth-order valence-corrected chi connectivity index (χ4v) is 2.74. The van der Waals surface area contributed by atoms with Crippen molar-refractivity contribution in [3.05, 3.63) is 36.4 Å². The molecule has 1 fully saturated rings. The number of pyridine rings is 1. The zero-order chi connectivity index (χ0) is 20.9. The van der Waals surface area contributed by atoms with E-state index in [1.807, 2.05) is 20.8 Å². The molecule has 8 nitrogen and oxygen atoms in total. The number of rotatable bonds is 6. The highest BCUT2D eigenvalue weighted by molar-refractivity contribution is 9.09. The van der Waals surface area contributed by atoms with E-state index >= 15 is 0 Å². The molecule has 0 aromatic carbocycles. The quantitative estimate of drug-likeness (QED) is 0.470. The van der Waals surface area contributed by atoms with E-state index in [-0.39, 0.29) is 6.67 Å². The average molecular weight is 464 g/mol. The molecule has 1 aromatic rings. The number of aromatic nitrogens is 1. The first-order valence-corrected chi connectivity index (χ1v) is 10.7. The normalized spacial score (nSPS) is 17.0. The van der Waals surface area contributed by atoms with Gasteiger partial charge in [0.05, 0.1) is 6.20 Å². The Morgan fingerprint density at radius 3 is 2.86 bits per heavy atom. The number of hydrogen-bond acceptors (Lipinski definition) is 7. The summed E-state index contributed by atoms with van der Waals surface area (Å²) in [6.07, 6.45) is 8.51. The summed E-state index contributed by atoms with van der Waals surface area (Å²) in [6, 6.07) is 3.59. The molecule has 0 bridgehead atoms. The van der Waals surface area contributed by atoms with Crippen molar-refractivity contribution in [3.8, 4) is 5.75 Å². The molecule has 0 radical (unpaired) electrons. The second-order valence-electron chi connectivity index (χ2n) is 7.82. The van der Waals surface area contributed by atoms with Gasteiger partial charge in [-0.25, -0.2) is 14.8 Å². The Balaban J connectivity index is 1.88. The van der Waals surface area contributed by atoms with Gasteiger partial charge in [-0.2, -0.15) is 5.10 Å². The molecular weight excluding hydrogens is 438 g/mol. The summed E-state index contributed by atoms with van der Waals surface area (Å²) in [6.45, 7) is 6.37. The molecule has 1 saturated carbocycles. The molecule has 0 saturated heterocycles. The van der Waals surface area contributed by atoms with Gasteiger partial charge < -0.3 is 9.47 Å². The van der Waals surface area contributed by atoms with Crippen LogP contribution in [-0.4, -0.2) is 57.2 Å². The van der Waals surface area contributed by atoms with Gasteiger partial charge in [-0.3, -0.25) is 9.88 Å². The SMILES string of the molecule is CC(C)(C)OC(=O)N(CC1CC1)C1=CC(Oc2cccnc2)=NCN1/N=C\CBr. The van der Waals surface area contributed by atoms with Crippen LogP contribution in [0.3, 0.4) is 0 Å². The maximum atomic E-state index is 13.0. The molecule has 0 N–H and O–H groups in total. The molecule has 0 unspecified atom stereocenters. The summed E-state index contributed by atoms with van der Waals surface area (Å²) in [5, 5.41) is 6.68. The number of aliphatic imine (C=N–C) groups is 1. The molecule has 29 heavy (non-hydrogen) atoms. The number of carbonyl (C=O) groups is 1. The molecule has 1 aromatic heterocycles. The van der Waals surface area contributed by atoms with Crippen LogP contribution in [0.15, 0.2) is 46.5 Å². The number of hydrogen-bond donors (Lipinski definition) is 0. The Hall–Kier alpha value is -2.42. The van der Waals surface area contributed by atoms with E-state index in [0.29, 0.717) is 35.3 Å². The number of carbonyl (C=O) groups excluding carboxylic acids is 1. The van der Waals surface area contributed by atoms with Crippen LogP contribution in [-0.2, 0) is 4.74 Å². The number of ether oxygens (including phenoxy) is 2. The number of nitrogens with zero attached hydrogens (tertiary/aromatic N) is 5. The Bertz CT molecular complexity index is 800. The van der Waals surface area contributed by atoms with Crippen LogP contribution in [0.25, 0.3) is 0 Å². The van der Waals surface area contributed by atoms with Crippen molar-refractivity contribution < 1.29 is 14.3 Å². The molecule has 0 spiro atoms. The molecule has 9 heteroatoms. The largest absolute Gasteiger partial charge is 0.443 e. The second-order valence-corrected chi connectivity index (χ2v) is 8.46. The smallest absolute Gasteiger partial charge is 0.416 e. The lowest BCUT2D eigenvalue weighted by Crippen LogP contribution is -2.43. The van der Waals surface area contributed by atoms with Gasteiger partial charge in [0.2, 0.25) is 5.90 Å². The number of halogens is 1. The predicted octanol–water partition coefficient (Wildman–Crippen LogP) is 4.00. The number of alkyl halides is 1. The lowest BCUT2D eigenvalue weighted by Gasteiger charge is -2.34. The molecule has 1 aliphatic heterocycles. The zero-order valence-corrected chi connectivity index (χ0v) is 18.5. The summed E-state index contributed by atoms with van der Waals surface area (Å²) in [4.78, 5) is 23.1. The van der Waals surface area contributed by atoms with E-state index < -0.39 is 11.7 Å². The minimum Gasteiger partial charge on any atom is -0.443 e. The summed E-state index contributed by atoms with van der Waals surface area (Å²) in [5.41, 5.74) is -0.596. The molecule has 0 atom stereocenters. The van der Waals surface area contributed by atoms with Crippen molar-refractivity contribution in [2.75, 3.05) is 18.5 Å². The van der Waals surface area contributed by atoms with Crippen LogP contribution in [0, 0.1) is 5.92 Å². The predicted molar refractivity (Wildman–Crippen MR) is 115 cm³/mol. The van der Waals surface area contributed by atoms with E-state index in [1.54, 1.807) is 46.7 Å². The van der Waals surface area contributed by atoms with Gasteiger partial charge in [0, 0.05) is 30.4 Å². The van der Waals surface area contributed by atoms with Gasteiger partial charge in [0.1, 0.15) is 23.8 Å². The van der Waals surface area contributed by atoms with Gasteiger partial charge in [0.25, 0.3) is 0 Å². The fourth-order valence-electron chi connectivity index (χ4n) is 2.61. The summed E-state index contributed by atoms with van der Waals surface area (Å²) < 4.78 is 11.5. The first-order chi connectivity index (χ1) is 13.9. The Morgan fingerprint density at radius 2 is 2.24 bits per heavy atom. The van der Waals surface area contributed by atoms with E-state index in [2.05, 4.69) is 31.0 Å². The van der Waals surface area contributed by atoms with E-state index in [9.17, 15) is 4.79 Å². The molecule has 1 amide bonds. The van der Waals surface area contributed by atoms with Crippen molar-refractivity contribution in [3.63, 3.8) is 0 Å². The van der Waals surface area contributed by atoms with Crippen molar-refractivity contribution in [2.45, 2.75) is 39.2 Å². The maximum Gasteiger partial charge on any atom is 0.416 e. The standard InChI is InChI=1S/C20H26BrN5O3/c1-20(2,3)29-19(27)25(13-15-6-7-15)18-11-17(23-14-26(18)24-10-8-21)28-16-5-4-9-22-12-16/h4-5,9-12,15H,6-8,13-14H2,1-3H3/b24-10-. The molecule has 3 rings (SSSR count). The molecule has 156 valence electrons. The monoisotopic (exact) mass is 463 g/mol. The molecule has 2 heterocycles. The van der Waals surface area contributed by atoms with Crippen LogP contribution in [0.5, 0.6) is 5.75 Å². The fraction of sp³-hybridized carbons (Fsp3) is 0.500. The summed E-state index contributed by atoms with van der Waals surface area (Å²) in [5.74, 6) is 2.01. The highest BCUT2D eigenvalue weighted by Gasteiger charge is 2.34. The maximum absolute atomic E-state index is 13.0. The van der Waals surface area contributed by atoms with Gasteiger partial charge in [-0.05, 0) is 51.7 Å². The first kappa shape index (κ1) is 21.3. The van der Waals surface area contributed by atoms with Gasteiger partial charge >= 0.3 is 6.09 Å². The Kier molecular flexibility index (Phi) is 6.89. The van der Waals surface area contributed by atoms with Gasteiger partial charge in [-0.1, -0.05) is 15.9 Å².